The van der Waals surface area contributed by atoms with Gasteiger partial charge in [-0.15, -0.1) is 0 Å². The van der Waals surface area contributed by atoms with Crippen molar-refractivity contribution >= 4 is 71.6 Å². The first-order valence-corrected chi connectivity index (χ1v) is 1.54. The van der Waals surface area contributed by atoms with Crippen LogP contribution in [0.15, 0.2) is 0 Å². The maximum atomic E-state index is 9.47. The van der Waals surface area contributed by atoms with Crippen molar-refractivity contribution in [3.63, 3.8) is 0 Å². The van der Waals surface area contributed by atoms with Gasteiger partial charge >= 0.3 is 65.1 Å². The van der Waals surface area contributed by atoms with Crippen molar-refractivity contribution in [2.75, 3.05) is 6.61 Å². The van der Waals surface area contributed by atoms with Crippen LogP contribution in [-0.4, -0.2) is 83.3 Å². The Bertz CT molecular complexity index is 83.9. The number of aliphatic carboxylic acids is 1. The summed E-state index contributed by atoms with van der Waals surface area (Å²) >= 11 is 0. The first-order valence-electron chi connectivity index (χ1n) is 1.54. The van der Waals surface area contributed by atoms with E-state index in [0.29, 0.717) is 0 Å². The zero-order valence-electron chi connectivity index (χ0n) is 3.46. The molecular formula is C3H6Na2O4. The number of hydrogen-bond acceptors (Lipinski definition) is 3. The summed E-state index contributed by atoms with van der Waals surface area (Å²) in [6.07, 6.45) is 0. The average Bonchev–Trinajstić information content (AvgIpc) is 1.61. The fourth-order valence-electron chi connectivity index (χ4n) is 0.105. The monoisotopic (exact) mass is 152 g/mol. The molecule has 0 atom stereocenters. The topological polar surface area (TPSA) is 63.6 Å². The second-order valence-electron chi connectivity index (χ2n) is 0.801. The molecule has 0 aliphatic heterocycles. The summed E-state index contributed by atoms with van der Waals surface area (Å²) in [7, 11) is 0. The Labute approximate surface area is 96.5 Å². The van der Waals surface area contributed by atoms with E-state index in [0.717, 1.165) is 0 Å². The molecule has 6 heteroatoms. The van der Waals surface area contributed by atoms with E-state index in [9.17, 15) is 9.59 Å². The van der Waals surface area contributed by atoms with Crippen LogP contribution in [0.2, 0.25) is 0 Å². The Hall–Kier alpha value is 0.940. The molecule has 9 heavy (non-hydrogen) atoms. The number of carboxylic acid groups (broad SMARTS) is 1. The van der Waals surface area contributed by atoms with Crippen molar-refractivity contribution in [2.45, 2.75) is 0 Å². The second kappa shape index (κ2) is 11.7. The summed E-state index contributed by atoms with van der Waals surface area (Å²) in [4.78, 5) is 18.7. The molecule has 0 spiro atoms. The maximum absolute atomic E-state index is 9.47. The second-order valence-corrected chi connectivity index (χ2v) is 0.801. The molecule has 0 unspecified atom stereocenters. The minimum atomic E-state index is -1.15. The van der Waals surface area contributed by atoms with Crippen LogP contribution in [-0.2, 0) is 14.3 Å². The Morgan fingerprint density at radius 2 is 2.00 bits per heavy atom. The molecule has 0 aromatic heterocycles. The molecule has 0 aliphatic carbocycles. The van der Waals surface area contributed by atoms with Gasteiger partial charge in [-0.05, 0) is 0 Å². The number of ether oxygens (including phenoxy) is 1. The van der Waals surface area contributed by atoms with Gasteiger partial charge in [0.05, 0.1) is 0 Å². The molecule has 0 fully saturated rings. The molecule has 1 N–H and O–H groups in total. The summed E-state index contributed by atoms with van der Waals surface area (Å²) in [5.41, 5.74) is 0. The minimum absolute atomic E-state index is 0. The number of hydrogen-bond donors (Lipinski definition) is 1. The third-order valence-electron chi connectivity index (χ3n) is 0.275. The summed E-state index contributed by atoms with van der Waals surface area (Å²) in [6.45, 7) is -0.461. The Kier molecular flexibility index (Phi) is 21.4. The van der Waals surface area contributed by atoms with Crippen LogP contribution >= 0.6 is 0 Å². The van der Waals surface area contributed by atoms with Crippen LogP contribution in [0.4, 0.5) is 0 Å². The van der Waals surface area contributed by atoms with Gasteiger partial charge in [-0.2, -0.15) is 0 Å². The van der Waals surface area contributed by atoms with Crippen molar-refractivity contribution in [3.8, 4) is 0 Å². The van der Waals surface area contributed by atoms with E-state index in [1.54, 1.807) is 0 Å². The molecule has 0 aromatic carbocycles. The van der Waals surface area contributed by atoms with E-state index in [1.165, 1.54) is 0 Å². The van der Waals surface area contributed by atoms with Gasteiger partial charge in [0.25, 0.3) is 6.47 Å². The molecular weight excluding hydrogens is 146 g/mol. The molecule has 0 heterocycles. The molecule has 0 radical (unpaired) electrons. The van der Waals surface area contributed by atoms with Crippen LogP contribution in [0, 0.1) is 0 Å². The average molecular weight is 152 g/mol. The van der Waals surface area contributed by atoms with E-state index in [1.807, 2.05) is 0 Å². The number of carbonyl (C=O) groups is 2. The van der Waals surface area contributed by atoms with Gasteiger partial charge < -0.3 is 9.84 Å². The predicted octanol–water partition coefficient (Wildman–Crippen LogP) is -2.05. The molecule has 0 aromatic rings. The van der Waals surface area contributed by atoms with Gasteiger partial charge in [0, 0.05) is 0 Å². The zero-order chi connectivity index (χ0) is 5.70. The molecule has 0 rings (SSSR count). The quantitative estimate of drug-likeness (QED) is 0.373. The van der Waals surface area contributed by atoms with Gasteiger partial charge in [-0.1, -0.05) is 0 Å². The molecule has 0 bridgehead atoms. The Morgan fingerprint density at radius 1 is 1.56 bits per heavy atom. The standard InChI is InChI=1S/C3H4O4.2Na.2H/c4-2-7-1-3(5)6;;;;/h2H,1H2,(H,5,6);;;;. The fourth-order valence-corrected chi connectivity index (χ4v) is 0.105. The van der Waals surface area contributed by atoms with Crippen LogP contribution in [0.25, 0.3) is 0 Å². The summed E-state index contributed by atoms with van der Waals surface area (Å²) in [6, 6.07) is 0. The van der Waals surface area contributed by atoms with Crippen LogP contribution in [0.1, 0.15) is 0 Å². The number of carboxylic acids is 1. The van der Waals surface area contributed by atoms with Gasteiger partial charge in [-0.3, -0.25) is 4.79 Å². The Morgan fingerprint density at radius 3 is 2.11 bits per heavy atom. The fraction of sp³-hybridized carbons (Fsp3) is 0.333. The molecule has 0 aliphatic rings. The van der Waals surface area contributed by atoms with Crippen molar-refractivity contribution in [3.05, 3.63) is 0 Å². The number of carbonyl (C=O) groups excluding carboxylic acids is 1. The van der Waals surface area contributed by atoms with Gasteiger partial charge in [-0.25, -0.2) is 4.79 Å². The molecule has 44 valence electrons. The third kappa shape index (κ3) is 17.6. The van der Waals surface area contributed by atoms with Crippen molar-refractivity contribution in [1.82, 2.24) is 0 Å². The van der Waals surface area contributed by atoms with Crippen LogP contribution in [0.3, 0.4) is 0 Å². The summed E-state index contributed by atoms with van der Waals surface area (Å²) < 4.78 is 3.81. The zero-order valence-corrected chi connectivity index (χ0v) is 3.46. The van der Waals surface area contributed by atoms with E-state index in [2.05, 4.69) is 4.74 Å². The molecule has 0 saturated heterocycles. The van der Waals surface area contributed by atoms with Gasteiger partial charge in [0.1, 0.15) is 0 Å². The van der Waals surface area contributed by atoms with Crippen molar-refractivity contribution in [1.29, 1.82) is 0 Å². The number of rotatable bonds is 3. The Balaban J connectivity index is -0.000000180. The normalized spacial score (nSPS) is 5.78. The van der Waals surface area contributed by atoms with E-state index < -0.39 is 12.6 Å². The van der Waals surface area contributed by atoms with E-state index in [-0.39, 0.29) is 65.6 Å². The summed E-state index contributed by atoms with van der Waals surface area (Å²) in [5.74, 6) is -1.15. The molecule has 0 saturated carbocycles. The van der Waals surface area contributed by atoms with Gasteiger partial charge in [0.2, 0.25) is 0 Å². The van der Waals surface area contributed by atoms with Crippen LogP contribution in [0.5, 0.6) is 0 Å². The van der Waals surface area contributed by atoms with E-state index in [4.69, 9.17) is 5.11 Å². The van der Waals surface area contributed by atoms with Crippen molar-refractivity contribution < 1.29 is 19.4 Å². The van der Waals surface area contributed by atoms with Crippen molar-refractivity contribution in [2.24, 2.45) is 0 Å². The van der Waals surface area contributed by atoms with Gasteiger partial charge in [0.15, 0.2) is 6.61 Å². The van der Waals surface area contributed by atoms with E-state index >= 15 is 0 Å². The third-order valence-corrected chi connectivity index (χ3v) is 0.275. The first-order chi connectivity index (χ1) is 3.27. The molecule has 4 nitrogen and oxygen atoms in total. The predicted molar refractivity (Wildman–Crippen MR) is 33.9 cm³/mol. The first kappa shape index (κ1) is 16.5. The van der Waals surface area contributed by atoms with Crippen LogP contribution < -0.4 is 0 Å². The SMILES string of the molecule is O=COCC(=O)O.[NaH].[NaH]. The molecule has 0 amide bonds. The summed E-state index contributed by atoms with van der Waals surface area (Å²) in [5, 5.41) is 7.76.